The van der Waals surface area contributed by atoms with E-state index in [0.29, 0.717) is 32.0 Å². The van der Waals surface area contributed by atoms with Crippen LogP contribution in [0.5, 0.6) is 0 Å². The van der Waals surface area contributed by atoms with Gasteiger partial charge in [-0.3, -0.25) is 9.59 Å². The van der Waals surface area contributed by atoms with Crippen molar-refractivity contribution in [3.63, 3.8) is 0 Å². The molecule has 3 rings (SSSR count). The molecule has 0 aromatic heterocycles. The van der Waals surface area contributed by atoms with Crippen LogP contribution in [0, 0.1) is 23.7 Å². The molecule has 0 amide bonds. The molecule has 0 spiro atoms. The van der Waals surface area contributed by atoms with Gasteiger partial charge in [0.1, 0.15) is 12.1 Å². The van der Waals surface area contributed by atoms with Gasteiger partial charge in [0.15, 0.2) is 0 Å². The molecule has 0 bridgehead atoms. The van der Waals surface area contributed by atoms with Crippen LogP contribution in [0.15, 0.2) is 72.8 Å². The van der Waals surface area contributed by atoms with Crippen LogP contribution in [0.2, 0.25) is 0 Å². The lowest BCUT2D eigenvalue weighted by molar-refractivity contribution is -0.146. The number of rotatable bonds is 36. The third-order valence-corrected chi connectivity index (χ3v) is 13.1. The van der Waals surface area contributed by atoms with E-state index in [4.69, 9.17) is 20.9 Å². The summed E-state index contributed by atoms with van der Waals surface area (Å²) < 4.78 is 11.0. The molecule has 0 heterocycles. The van der Waals surface area contributed by atoms with E-state index in [0.717, 1.165) is 54.6 Å². The Kier molecular flexibility index (Phi) is 28.8. The summed E-state index contributed by atoms with van der Waals surface area (Å²) in [6.07, 6.45) is 39.7. The second kappa shape index (κ2) is 33.6. The summed E-state index contributed by atoms with van der Waals surface area (Å²) in [6, 6.07) is 18.6. The van der Waals surface area contributed by atoms with Crippen LogP contribution in [-0.4, -0.2) is 37.2 Å². The maximum absolute atomic E-state index is 12.4. The number of hydrogen-bond acceptors (Lipinski definition) is 6. The van der Waals surface area contributed by atoms with Gasteiger partial charge in [0, 0.05) is 0 Å². The summed E-state index contributed by atoms with van der Waals surface area (Å²) in [7, 11) is 0. The molecule has 1 aliphatic carbocycles. The molecule has 6 nitrogen and oxygen atoms in total. The second-order valence-electron chi connectivity index (χ2n) is 18.2. The zero-order chi connectivity index (χ0) is 42.9. The predicted octanol–water partition coefficient (Wildman–Crippen LogP) is 13.4. The van der Waals surface area contributed by atoms with Crippen LogP contribution in [0.3, 0.4) is 0 Å². The lowest BCUT2D eigenvalue weighted by Gasteiger charge is -2.41. The Labute approximate surface area is 367 Å². The molecule has 338 valence electrons. The summed E-state index contributed by atoms with van der Waals surface area (Å²) in [5.41, 5.74) is 14.4. The highest BCUT2D eigenvalue weighted by Crippen LogP contribution is 2.44. The summed E-state index contributed by atoms with van der Waals surface area (Å²) in [5, 5.41) is 0. The van der Waals surface area contributed by atoms with E-state index >= 15 is 0 Å². The van der Waals surface area contributed by atoms with Gasteiger partial charge in [-0.25, -0.2) is 0 Å². The van der Waals surface area contributed by atoms with Gasteiger partial charge in [-0.1, -0.05) is 215 Å². The van der Waals surface area contributed by atoms with E-state index < -0.39 is 12.1 Å². The molecule has 0 fully saturated rings. The monoisotopic (exact) mass is 829 g/mol. The minimum absolute atomic E-state index is 0.287. The van der Waals surface area contributed by atoms with Crippen LogP contribution in [0.1, 0.15) is 192 Å². The molecule has 0 radical (unpaired) electrons. The topological polar surface area (TPSA) is 105 Å². The van der Waals surface area contributed by atoms with Crippen molar-refractivity contribution in [2.24, 2.45) is 35.1 Å². The second-order valence-corrected chi connectivity index (χ2v) is 18.2. The number of ether oxygens (including phenoxy) is 2. The van der Waals surface area contributed by atoms with Gasteiger partial charge in [0.25, 0.3) is 0 Å². The van der Waals surface area contributed by atoms with Gasteiger partial charge in [0.05, 0.1) is 13.2 Å². The zero-order valence-electron chi connectivity index (χ0n) is 38.4. The van der Waals surface area contributed by atoms with E-state index in [1.54, 1.807) is 0 Å². The first-order valence-corrected chi connectivity index (χ1v) is 25.0. The molecule has 0 aliphatic heterocycles. The SMILES string of the molecule is CCCCCCCCC1C(CCCCCC)C=CC(CCCCCCCCOC(=O)C(N)Cc2ccccc2)C1CCCCCCCCOC(=O)C(N)Cc1ccccc1. The van der Waals surface area contributed by atoms with Crippen LogP contribution < -0.4 is 11.5 Å². The number of carbonyl (C=O) groups is 2. The van der Waals surface area contributed by atoms with Crippen LogP contribution in [-0.2, 0) is 31.9 Å². The Morgan fingerprint density at radius 1 is 0.450 bits per heavy atom. The molecule has 4 N–H and O–H groups in total. The number of esters is 2. The van der Waals surface area contributed by atoms with Crippen molar-refractivity contribution in [1.29, 1.82) is 0 Å². The van der Waals surface area contributed by atoms with Crippen molar-refractivity contribution in [1.82, 2.24) is 0 Å². The highest BCUT2D eigenvalue weighted by atomic mass is 16.5. The van der Waals surface area contributed by atoms with Crippen LogP contribution in [0.25, 0.3) is 0 Å². The summed E-state index contributed by atoms with van der Waals surface area (Å²) >= 11 is 0. The number of nitrogens with two attached hydrogens (primary N) is 2. The molecule has 6 atom stereocenters. The van der Waals surface area contributed by atoms with E-state index in [1.807, 2.05) is 60.7 Å². The molecule has 2 aromatic rings. The van der Waals surface area contributed by atoms with Crippen LogP contribution in [0.4, 0.5) is 0 Å². The summed E-state index contributed by atoms with van der Waals surface area (Å²) in [5.74, 6) is 2.53. The zero-order valence-corrected chi connectivity index (χ0v) is 38.4. The smallest absolute Gasteiger partial charge is 0.323 e. The fraction of sp³-hybridized carbons (Fsp3) is 0.704. The fourth-order valence-electron chi connectivity index (χ4n) is 9.49. The first kappa shape index (κ1) is 51.4. The molecule has 6 unspecified atom stereocenters. The van der Waals surface area contributed by atoms with Crippen molar-refractivity contribution < 1.29 is 19.1 Å². The standard InChI is InChI=1S/C54H88N2O4/c1-3-5-7-9-15-27-37-49-47(35-25-8-6-4-2)39-40-48(36-26-14-10-12-17-29-41-59-53(57)51(55)43-45-31-21-19-22-32-45)50(49)38-28-16-11-13-18-30-42-60-54(58)52(56)44-46-33-23-20-24-34-46/h19-24,31-34,39-40,47-52H,3-18,25-30,35-38,41-44,55-56H2,1-2H3. The first-order valence-electron chi connectivity index (χ1n) is 25.0. The first-order chi connectivity index (χ1) is 29.4. The van der Waals surface area contributed by atoms with Crippen LogP contribution >= 0.6 is 0 Å². The lowest BCUT2D eigenvalue weighted by Crippen LogP contribution is -2.34. The number of carbonyl (C=O) groups excluding carboxylic acids is 2. The minimum atomic E-state index is -0.599. The fourth-order valence-corrected chi connectivity index (χ4v) is 9.49. The van der Waals surface area contributed by atoms with Gasteiger partial charge < -0.3 is 20.9 Å². The number of allylic oxidation sites excluding steroid dienone is 2. The Hall–Kier alpha value is -2.96. The Balaban J connectivity index is 1.41. The minimum Gasteiger partial charge on any atom is -0.465 e. The Morgan fingerprint density at radius 2 is 0.767 bits per heavy atom. The molecule has 60 heavy (non-hydrogen) atoms. The van der Waals surface area contributed by atoms with Gasteiger partial charge in [-0.2, -0.15) is 0 Å². The van der Waals surface area contributed by atoms with Crippen molar-refractivity contribution >= 4 is 11.9 Å². The van der Waals surface area contributed by atoms with Crippen molar-refractivity contribution in [3.05, 3.63) is 83.9 Å². The van der Waals surface area contributed by atoms with E-state index in [1.165, 1.54) is 141 Å². The third-order valence-electron chi connectivity index (χ3n) is 13.1. The number of benzene rings is 2. The molecular formula is C54H88N2O4. The van der Waals surface area contributed by atoms with Crippen molar-refractivity contribution in [2.45, 2.75) is 206 Å². The van der Waals surface area contributed by atoms with Gasteiger partial charge in [-0.05, 0) is 86.2 Å². The molecule has 0 saturated heterocycles. The predicted molar refractivity (Wildman–Crippen MR) is 253 cm³/mol. The van der Waals surface area contributed by atoms with Gasteiger partial charge in [-0.15, -0.1) is 0 Å². The quantitative estimate of drug-likeness (QED) is 0.0403. The molecule has 0 saturated carbocycles. The highest BCUT2D eigenvalue weighted by Gasteiger charge is 2.35. The maximum atomic E-state index is 12.4. The maximum Gasteiger partial charge on any atom is 0.323 e. The van der Waals surface area contributed by atoms with E-state index in [9.17, 15) is 9.59 Å². The van der Waals surface area contributed by atoms with Crippen molar-refractivity contribution in [3.8, 4) is 0 Å². The van der Waals surface area contributed by atoms with E-state index in [2.05, 4.69) is 26.0 Å². The number of unbranched alkanes of at least 4 members (excludes halogenated alkanes) is 18. The van der Waals surface area contributed by atoms with E-state index in [-0.39, 0.29) is 11.9 Å². The average Bonchev–Trinajstić information content (AvgIpc) is 3.26. The molecule has 6 heteroatoms. The van der Waals surface area contributed by atoms with Gasteiger partial charge in [0.2, 0.25) is 0 Å². The third kappa shape index (κ3) is 22.8. The molecular weight excluding hydrogens is 741 g/mol. The Morgan fingerprint density at radius 3 is 1.15 bits per heavy atom. The van der Waals surface area contributed by atoms with Crippen molar-refractivity contribution in [2.75, 3.05) is 13.2 Å². The highest BCUT2D eigenvalue weighted by molar-refractivity contribution is 5.76. The molecule has 1 aliphatic rings. The summed E-state index contributed by atoms with van der Waals surface area (Å²) in [4.78, 5) is 24.8. The summed E-state index contributed by atoms with van der Waals surface area (Å²) in [6.45, 7) is 5.58. The normalized spacial score (nSPS) is 18.6. The average molecular weight is 829 g/mol. The largest absolute Gasteiger partial charge is 0.465 e. The lowest BCUT2D eigenvalue weighted by atomic mass is 9.64. The van der Waals surface area contributed by atoms with Gasteiger partial charge >= 0.3 is 11.9 Å². The number of hydrogen-bond donors (Lipinski definition) is 2. The molecule has 2 aromatic carbocycles. The Bertz CT molecular complexity index is 1370.